The zero-order chi connectivity index (χ0) is 20.8. The van der Waals surface area contributed by atoms with E-state index < -0.39 is 21.9 Å². The lowest BCUT2D eigenvalue weighted by Gasteiger charge is -2.08. The van der Waals surface area contributed by atoms with Gasteiger partial charge in [-0.05, 0) is 35.9 Å². The largest absolute Gasteiger partial charge is 0.478 e. The van der Waals surface area contributed by atoms with E-state index in [-0.39, 0.29) is 26.5 Å². The Morgan fingerprint density at radius 2 is 1.79 bits per heavy atom. The van der Waals surface area contributed by atoms with E-state index >= 15 is 0 Å². The van der Waals surface area contributed by atoms with Crippen molar-refractivity contribution in [1.29, 1.82) is 0 Å². The normalized spacial score (nSPS) is 11.7. The molecule has 3 heterocycles. The number of halogens is 2. The first-order chi connectivity index (χ1) is 13.8. The first-order valence-electron chi connectivity index (χ1n) is 8.15. The van der Waals surface area contributed by atoms with Crippen LogP contribution in [0.2, 0.25) is 5.15 Å². The van der Waals surface area contributed by atoms with Crippen LogP contribution in [0.3, 0.4) is 0 Å². The molecule has 0 atom stereocenters. The Kier molecular flexibility index (Phi) is 4.56. The lowest BCUT2D eigenvalue weighted by Crippen LogP contribution is -2.12. The van der Waals surface area contributed by atoms with E-state index in [0.29, 0.717) is 11.1 Å². The molecule has 0 aliphatic carbocycles. The third-order valence-electron chi connectivity index (χ3n) is 4.32. The van der Waals surface area contributed by atoms with Gasteiger partial charge in [-0.15, -0.1) is 0 Å². The Labute approximate surface area is 169 Å². The second-order valence-electron chi connectivity index (χ2n) is 6.07. The van der Waals surface area contributed by atoms with Gasteiger partial charge in [0.2, 0.25) is 5.95 Å². The number of hydrogen-bond acceptors (Lipinski definition) is 5. The average Bonchev–Trinajstić information content (AvgIpc) is 3.09. The van der Waals surface area contributed by atoms with Crippen LogP contribution in [0.4, 0.5) is 4.39 Å². The summed E-state index contributed by atoms with van der Waals surface area (Å²) in [6.45, 7) is 0. The molecule has 1 aromatic carbocycles. The number of hydrogen-bond donors (Lipinski definition) is 1. The van der Waals surface area contributed by atoms with E-state index in [1.165, 1.54) is 42.6 Å². The number of fused-ring (bicyclic) bond motifs is 1. The molecular formula is C19H11ClFN3O4S. The molecule has 0 unspecified atom stereocenters. The minimum absolute atomic E-state index is 0.124. The number of carbonyl (C=O) groups is 1. The maximum atomic E-state index is 13.1. The van der Waals surface area contributed by atoms with Crippen LogP contribution >= 0.6 is 11.6 Å². The molecule has 146 valence electrons. The summed E-state index contributed by atoms with van der Waals surface area (Å²) in [4.78, 5) is 18.9. The molecule has 0 spiro atoms. The average molecular weight is 432 g/mol. The summed E-state index contributed by atoms with van der Waals surface area (Å²) in [5.41, 5.74) is 1.07. The predicted octanol–water partition coefficient (Wildman–Crippen LogP) is 3.83. The predicted molar refractivity (Wildman–Crippen MR) is 104 cm³/mol. The molecular weight excluding hydrogens is 421 g/mol. The van der Waals surface area contributed by atoms with Gasteiger partial charge in [0.1, 0.15) is 10.0 Å². The van der Waals surface area contributed by atoms with Crippen LogP contribution in [0, 0.1) is 5.95 Å². The van der Waals surface area contributed by atoms with Gasteiger partial charge in [0.05, 0.1) is 11.1 Å². The Balaban J connectivity index is 1.97. The van der Waals surface area contributed by atoms with E-state index in [9.17, 15) is 22.7 Å². The molecule has 1 N–H and O–H groups in total. The van der Waals surface area contributed by atoms with Crippen LogP contribution in [0.15, 0.2) is 66.0 Å². The fourth-order valence-electron chi connectivity index (χ4n) is 2.92. The van der Waals surface area contributed by atoms with Gasteiger partial charge >= 0.3 is 5.97 Å². The number of carboxylic acids is 1. The van der Waals surface area contributed by atoms with Crippen molar-refractivity contribution in [1.82, 2.24) is 13.9 Å². The minimum Gasteiger partial charge on any atom is -0.478 e. The molecule has 0 radical (unpaired) electrons. The monoisotopic (exact) mass is 431 g/mol. The number of aromatic carboxylic acids is 1. The summed E-state index contributed by atoms with van der Waals surface area (Å²) in [7, 11) is -4.14. The van der Waals surface area contributed by atoms with E-state index in [4.69, 9.17) is 11.6 Å². The standard InChI is InChI=1S/C19H11ClFN3O4S/c20-17-5-3-13(9-22-17)29(27,28)24-10-15(19(25)26)14-4-1-11(7-16(14)24)12-2-6-18(21)23-8-12/h1-10H,(H,25,26). The molecule has 4 rings (SSSR count). The van der Waals surface area contributed by atoms with Gasteiger partial charge in [-0.2, -0.15) is 4.39 Å². The third-order valence-corrected chi connectivity index (χ3v) is 6.20. The Hall–Kier alpha value is -3.30. The van der Waals surface area contributed by atoms with Gasteiger partial charge in [-0.1, -0.05) is 23.7 Å². The van der Waals surface area contributed by atoms with Gasteiger partial charge in [0.15, 0.2) is 0 Å². The summed E-state index contributed by atoms with van der Waals surface area (Å²) >= 11 is 5.73. The van der Waals surface area contributed by atoms with E-state index in [2.05, 4.69) is 9.97 Å². The fourth-order valence-corrected chi connectivity index (χ4v) is 4.34. The maximum Gasteiger partial charge on any atom is 0.337 e. The highest BCUT2D eigenvalue weighted by Crippen LogP contribution is 2.30. The van der Waals surface area contributed by atoms with Crippen LogP contribution in [-0.2, 0) is 10.0 Å². The topological polar surface area (TPSA) is 102 Å². The highest BCUT2D eigenvalue weighted by atomic mass is 35.5. The van der Waals surface area contributed by atoms with E-state index in [1.54, 1.807) is 6.07 Å². The second kappa shape index (κ2) is 6.94. The molecule has 10 heteroatoms. The molecule has 0 fully saturated rings. The van der Waals surface area contributed by atoms with E-state index in [1.807, 2.05) is 0 Å². The molecule has 0 aliphatic rings. The zero-order valence-corrected chi connectivity index (χ0v) is 16.0. The third kappa shape index (κ3) is 3.34. The van der Waals surface area contributed by atoms with Gasteiger partial charge in [0, 0.05) is 29.5 Å². The van der Waals surface area contributed by atoms with Crippen molar-refractivity contribution < 1.29 is 22.7 Å². The smallest absolute Gasteiger partial charge is 0.337 e. The van der Waals surface area contributed by atoms with Crippen molar-refractivity contribution in [2.24, 2.45) is 0 Å². The van der Waals surface area contributed by atoms with Crippen LogP contribution in [0.5, 0.6) is 0 Å². The van der Waals surface area contributed by atoms with Crippen LogP contribution in [0.1, 0.15) is 10.4 Å². The van der Waals surface area contributed by atoms with Gasteiger partial charge in [0.25, 0.3) is 10.0 Å². The van der Waals surface area contributed by atoms with Gasteiger partial charge in [-0.3, -0.25) is 0 Å². The summed E-state index contributed by atoms with van der Waals surface area (Å²) in [6, 6.07) is 9.91. The zero-order valence-electron chi connectivity index (χ0n) is 14.5. The molecule has 0 bridgehead atoms. The Morgan fingerprint density at radius 3 is 2.41 bits per heavy atom. The van der Waals surface area contributed by atoms with Crippen molar-refractivity contribution in [3.8, 4) is 11.1 Å². The van der Waals surface area contributed by atoms with Crippen molar-refractivity contribution >= 4 is 38.5 Å². The lowest BCUT2D eigenvalue weighted by molar-refractivity contribution is 0.0699. The van der Waals surface area contributed by atoms with Crippen molar-refractivity contribution in [3.05, 3.63) is 77.7 Å². The fraction of sp³-hybridized carbons (Fsp3) is 0. The number of carboxylic acid groups (broad SMARTS) is 1. The highest BCUT2D eigenvalue weighted by molar-refractivity contribution is 7.90. The Morgan fingerprint density at radius 1 is 1.03 bits per heavy atom. The SMILES string of the molecule is O=C(O)c1cn(S(=O)(=O)c2ccc(Cl)nc2)c2cc(-c3ccc(F)nc3)ccc12. The molecule has 7 nitrogen and oxygen atoms in total. The molecule has 0 amide bonds. The van der Waals surface area contributed by atoms with Crippen molar-refractivity contribution in [2.75, 3.05) is 0 Å². The summed E-state index contributed by atoms with van der Waals surface area (Å²) in [5, 5.41) is 9.86. The van der Waals surface area contributed by atoms with Crippen molar-refractivity contribution in [3.63, 3.8) is 0 Å². The molecule has 29 heavy (non-hydrogen) atoms. The number of rotatable bonds is 4. The maximum absolute atomic E-state index is 13.1. The Bertz CT molecular complexity index is 1350. The van der Waals surface area contributed by atoms with Crippen LogP contribution < -0.4 is 0 Å². The minimum atomic E-state index is -4.14. The van der Waals surface area contributed by atoms with Crippen molar-refractivity contribution in [2.45, 2.75) is 4.90 Å². The second-order valence-corrected chi connectivity index (χ2v) is 8.27. The highest BCUT2D eigenvalue weighted by Gasteiger charge is 2.24. The van der Waals surface area contributed by atoms with E-state index in [0.717, 1.165) is 16.4 Å². The van der Waals surface area contributed by atoms with Crippen LogP contribution in [0.25, 0.3) is 22.0 Å². The number of benzene rings is 1. The van der Waals surface area contributed by atoms with Crippen LogP contribution in [-0.4, -0.2) is 33.4 Å². The first kappa shape index (κ1) is 19.0. The molecule has 3 aromatic heterocycles. The molecule has 4 aromatic rings. The first-order valence-corrected chi connectivity index (χ1v) is 9.96. The summed E-state index contributed by atoms with van der Waals surface area (Å²) < 4.78 is 40.2. The van der Waals surface area contributed by atoms with Gasteiger partial charge in [-0.25, -0.2) is 27.2 Å². The summed E-state index contributed by atoms with van der Waals surface area (Å²) in [6.07, 6.45) is 3.45. The molecule has 0 saturated carbocycles. The lowest BCUT2D eigenvalue weighted by atomic mass is 10.0. The number of pyridine rings is 2. The quantitative estimate of drug-likeness (QED) is 0.493. The summed E-state index contributed by atoms with van der Waals surface area (Å²) in [5.74, 6) is -1.92. The number of aromatic nitrogens is 3. The molecule has 0 saturated heterocycles. The number of nitrogens with zero attached hydrogens (tertiary/aromatic N) is 3. The molecule has 0 aliphatic heterocycles. The van der Waals surface area contributed by atoms with Gasteiger partial charge < -0.3 is 5.11 Å².